The van der Waals surface area contributed by atoms with Crippen molar-refractivity contribution in [1.29, 1.82) is 0 Å². The fraction of sp³-hybridized carbons (Fsp3) is 0.419. The van der Waals surface area contributed by atoms with Gasteiger partial charge in [-0.3, -0.25) is 0 Å². The number of ether oxygens (including phenoxy) is 2. The quantitative estimate of drug-likeness (QED) is 0.417. The van der Waals surface area contributed by atoms with Crippen LogP contribution in [0.4, 0.5) is 22.7 Å². The zero-order chi connectivity index (χ0) is 24.6. The highest BCUT2D eigenvalue weighted by atomic mass is 16.7. The molecule has 0 saturated carbocycles. The van der Waals surface area contributed by atoms with E-state index in [-0.39, 0.29) is 0 Å². The Balaban J connectivity index is 1.22. The molecule has 190 valence electrons. The predicted octanol–water partition coefficient (Wildman–Crippen LogP) is 4.61. The van der Waals surface area contributed by atoms with E-state index in [4.69, 9.17) is 13.9 Å². The molecule has 0 N–H and O–H groups in total. The van der Waals surface area contributed by atoms with Gasteiger partial charge in [-0.15, -0.1) is 0 Å². The van der Waals surface area contributed by atoms with Crippen LogP contribution in [0.15, 0.2) is 29.1 Å². The van der Waals surface area contributed by atoms with Gasteiger partial charge in [0.1, 0.15) is 0 Å². The number of nitrogens with zero attached hydrogens (tertiary/aromatic N) is 4. The van der Waals surface area contributed by atoms with Crippen molar-refractivity contribution in [3.63, 3.8) is 0 Å². The molecule has 8 heterocycles. The minimum Gasteiger partial charge on any atom is -0.458 e. The smallest absolute Gasteiger partial charge is 0.458 e. The Hall–Kier alpha value is -3.74. The molecule has 0 unspecified atom stereocenters. The second-order valence-electron chi connectivity index (χ2n) is 11.8. The molecular formula is C31H30N4O3+2. The number of hydrogen-bond acceptors (Lipinski definition) is 5. The number of rotatable bonds is 0. The van der Waals surface area contributed by atoms with Crippen molar-refractivity contribution in [2.45, 2.75) is 57.4 Å². The Labute approximate surface area is 221 Å². The molecule has 1 aromatic heterocycles. The Morgan fingerprint density at radius 3 is 1.61 bits per heavy atom. The highest BCUT2D eigenvalue weighted by Crippen LogP contribution is 2.54. The number of anilines is 2. The lowest BCUT2D eigenvalue weighted by Crippen LogP contribution is -2.59. The van der Waals surface area contributed by atoms with Crippen LogP contribution >= 0.6 is 0 Å². The summed E-state index contributed by atoms with van der Waals surface area (Å²) in [6.45, 7) is 4.58. The lowest BCUT2D eigenvalue weighted by molar-refractivity contribution is -0.832. The van der Waals surface area contributed by atoms with E-state index < -0.39 is 6.03 Å². The number of furan rings is 1. The van der Waals surface area contributed by atoms with Crippen molar-refractivity contribution in [3.05, 3.63) is 58.0 Å². The monoisotopic (exact) mass is 506 g/mol. The molecule has 38 heavy (non-hydrogen) atoms. The standard InChI is InChI=1S/C31H30N4O3/c1-5-19-13-21-15-34-25-17-36-18-26(25)35-16-22-14-20-6-2-10-33-12-4-8-24(28(20)33)30(22)38-31(34,35)37-29(21)23-7-3-11-32(9-1)27(19)23/h13-18H,1-12H2/q+2. The third-order valence-electron chi connectivity index (χ3n) is 9.76. The SMILES string of the molecule is C1=[N+]2c3cocc3[N+]3=Cc4cc5c6c(c4OC23Oc2c1cc1c3c2CCCN3CCC1)CCCN6CCC5. The van der Waals surface area contributed by atoms with Crippen molar-refractivity contribution in [2.75, 3.05) is 36.0 Å². The van der Waals surface area contributed by atoms with E-state index in [0.29, 0.717) is 0 Å². The maximum Gasteiger partial charge on any atom is 0.715 e. The molecule has 1 spiro atoms. The van der Waals surface area contributed by atoms with Gasteiger partial charge in [-0.2, -0.15) is 0 Å². The summed E-state index contributed by atoms with van der Waals surface area (Å²) >= 11 is 0. The summed E-state index contributed by atoms with van der Waals surface area (Å²) in [6, 6.07) is 3.60. The van der Waals surface area contributed by atoms with Crippen molar-refractivity contribution >= 4 is 35.2 Å². The van der Waals surface area contributed by atoms with Gasteiger partial charge >= 0.3 is 17.4 Å². The van der Waals surface area contributed by atoms with E-state index in [1.54, 1.807) is 0 Å². The van der Waals surface area contributed by atoms with E-state index in [1.807, 2.05) is 12.5 Å². The molecular weight excluding hydrogens is 476 g/mol. The first-order valence-corrected chi connectivity index (χ1v) is 14.4. The van der Waals surface area contributed by atoms with Crippen LogP contribution < -0.4 is 19.3 Å². The van der Waals surface area contributed by atoms with Gasteiger partial charge < -0.3 is 23.7 Å². The van der Waals surface area contributed by atoms with E-state index in [9.17, 15) is 0 Å². The molecule has 3 aromatic rings. The van der Waals surface area contributed by atoms with Gasteiger partial charge in [0.25, 0.3) is 0 Å². The second kappa shape index (κ2) is 6.82. The maximum absolute atomic E-state index is 7.19. The fourth-order valence-electron chi connectivity index (χ4n) is 8.27. The van der Waals surface area contributed by atoms with Crippen LogP contribution in [0.1, 0.15) is 59.1 Å². The van der Waals surface area contributed by atoms with Gasteiger partial charge in [-0.05, 0) is 83.8 Å². The van der Waals surface area contributed by atoms with Crippen LogP contribution in [-0.4, -0.2) is 53.8 Å². The molecule has 7 aliphatic rings. The van der Waals surface area contributed by atoms with Gasteiger partial charge in [0.05, 0.1) is 11.1 Å². The summed E-state index contributed by atoms with van der Waals surface area (Å²) in [6.07, 6.45) is 17.3. The van der Waals surface area contributed by atoms with E-state index in [1.165, 1.54) is 59.3 Å². The molecule has 0 bridgehead atoms. The minimum absolute atomic E-state index is 0.979. The van der Waals surface area contributed by atoms with Crippen LogP contribution in [0.3, 0.4) is 0 Å². The lowest BCUT2D eigenvalue weighted by Gasteiger charge is -2.40. The highest BCUT2D eigenvalue weighted by Gasteiger charge is 2.74. The third-order valence-corrected chi connectivity index (χ3v) is 9.76. The van der Waals surface area contributed by atoms with Crippen molar-refractivity contribution in [3.8, 4) is 11.5 Å². The Morgan fingerprint density at radius 1 is 0.632 bits per heavy atom. The van der Waals surface area contributed by atoms with Crippen LogP contribution in [0, 0.1) is 0 Å². The zero-order valence-electron chi connectivity index (χ0n) is 21.5. The average Bonchev–Trinajstić information content (AvgIpc) is 3.52. The maximum atomic E-state index is 7.19. The lowest BCUT2D eigenvalue weighted by atomic mass is 9.88. The van der Waals surface area contributed by atoms with Crippen molar-refractivity contribution in [1.82, 2.24) is 0 Å². The molecule has 0 amide bonds. The molecule has 7 heteroatoms. The number of benzene rings is 2. The molecule has 0 atom stereocenters. The Morgan fingerprint density at radius 2 is 1.11 bits per heavy atom. The largest absolute Gasteiger partial charge is 0.715 e. The zero-order valence-corrected chi connectivity index (χ0v) is 21.5. The Bertz CT molecular complexity index is 1540. The first kappa shape index (κ1) is 20.3. The number of hydrogen-bond donors (Lipinski definition) is 0. The van der Waals surface area contributed by atoms with Gasteiger partial charge in [-0.25, -0.2) is 0 Å². The predicted molar refractivity (Wildman–Crippen MR) is 143 cm³/mol. The minimum atomic E-state index is -1.12. The molecule has 0 saturated heterocycles. The number of aryl methyl sites for hydroxylation is 2. The fourth-order valence-corrected chi connectivity index (χ4v) is 8.27. The van der Waals surface area contributed by atoms with E-state index in [2.05, 4.69) is 43.5 Å². The highest BCUT2D eigenvalue weighted by molar-refractivity contribution is 5.90. The first-order valence-electron chi connectivity index (χ1n) is 14.4. The normalized spacial score (nSPS) is 22.3. The number of fused-ring (bicyclic) bond motifs is 7. The summed E-state index contributed by atoms with van der Waals surface area (Å²) in [5, 5.41) is 0. The summed E-state index contributed by atoms with van der Waals surface area (Å²) < 4.78 is 24.4. The summed E-state index contributed by atoms with van der Waals surface area (Å²) in [5.74, 6) is 1.98. The Kier molecular flexibility index (Phi) is 3.63. The third kappa shape index (κ3) is 2.33. The van der Waals surface area contributed by atoms with Crippen LogP contribution in [0.5, 0.6) is 11.5 Å². The molecule has 7 nitrogen and oxygen atoms in total. The van der Waals surface area contributed by atoms with E-state index in [0.717, 1.165) is 85.9 Å². The molecule has 7 aliphatic heterocycles. The topological polar surface area (TPSA) is 44.1 Å². The average molecular weight is 507 g/mol. The molecule has 10 rings (SSSR count). The van der Waals surface area contributed by atoms with Gasteiger partial charge in [-0.1, -0.05) is 0 Å². The first-order chi connectivity index (χ1) is 18.8. The summed E-state index contributed by atoms with van der Waals surface area (Å²) in [4.78, 5) is 5.17. The van der Waals surface area contributed by atoms with Crippen LogP contribution in [-0.2, 0) is 25.7 Å². The van der Waals surface area contributed by atoms with Crippen LogP contribution in [0.25, 0.3) is 0 Å². The van der Waals surface area contributed by atoms with Gasteiger partial charge in [0, 0.05) is 48.7 Å². The molecule has 0 aliphatic carbocycles. The van der Waals surface area contributed by atoms with E-state index >= 15 is 0 Å². The van der Waals surface area contributed by atoms with Crippen LogP contribution in [0.2, 0.25) is 0 Å². The molecule has 0 fully saturated rings. The van der Waals surface area contributed by atoms with Crippen molar-refractivity contribution in [2.24, 2.45) is 0 Å². The summed E-state index contributed by atoms with van der Waals surface area (Å²) in [5.41, 5.74) is 12.7. The van der Waals surface area contributed by atoms with Gasteiger partial charge in [0.15, 0.2) is 36.5 Å². The summed E-state index contributed by atoms with van der Waals surface area (Å²) in [7, 11) is 0. The van der Waals surface area contributed by atoms with Gasteiger partial charge in [0.2, 0.25) is 0 Å². The second-order valence-corrected chi connectivity index (χ2v) is 11.8. The van der Waals surface area contributed by atoms with Crippen molar-refractivity contribution < 1.29 is 23.0 Å². The molecule has 0 radical (unpaired) electrons. The molecule has 2 aromatic carbocycles.